The fourth-order valence-electron chi connectivity index (χ4n) is 2.28. The van der Waals surface area contributed by atoms with E-state index in [1.807, 2.05) is 11.4 Å². The van der Waals surface area contributed by atoms with Crippen molar-refractivity contribution >= 4 is 49.1 Å². The number of hydrogen-bond donors (Lipinski definition) is 1. The molecule has 0 bridgehead atoms. The molecule has 0 unspecified atom stereocenters. The molecule has 0 aromatic carbocycles. The number of halogens is 2. The van der Waals surface area contributed by atoms with Crippen LogP contribution in [0, 0.1) is 5.41 Å². The van der Waals surface area contributed by atoms with Crippen LogP contribution in [0.4, 0.5) is 0 Å². The molecule has 1 heterocycles. The fourth-order valence-corrected chi connectivity index (χ4v) is 4.18. The molecule has 17 heavy (non-hydrogen) atoms. The zero-order valence-electron chi connectivity index (χ0n) is 9.47. The number of amides is 1. The molecule has 0 radical (unpaired) electrons. The molecule has 1 aromatic rings. The van der Waals surface area contributed by atoms with Crippen molar-refractivity contribution in [1.82, 2.24) is 5.32 Å². The van der Waals surface area contributed by atoms with Gasteiger partial charge in [-0.15, -0.1) is 11.3 Å². The molecule has 0 saturated heterocycles. The second-order valence-corrected chi connectivity index (χ2v) is 7.51. The molecule has 1 saturated carbocycles. The van der Waals surface area contributed by atoms with Gasteiger partial charge in [0.05, 0.1) is 9.35 Å². The lowest BCUT2D eigenvalue weighted by molar-refractivity contribution is 0.0936. The van der Waals surface area contributed by atoms with Gasteiger partial charge in [-0.1, -0.05) is 28.8 Å². The molecule has 1 amide bonds. The van der Waals surface area contributed by atoms with E-state index in [2.05, 4.69) is 37.2 Å². The van der Waals surface area contributed by atoms with Gasteiger partial charge in [0.1, 0.15) is 0 Å². The van der Waals surface area contributed by atoms with Crippen molar-refractivity contribution in [1.29, 1.82) is 0 Å². The van der Waals surface area contributed by atoms with Crippen molar-refractivity contribution in [2.45, 2.75) is 25.7 Å². The van der Waals surface area contributed by atoms with E-state index < -0.39 is 0 Å². The summed E-state index contributed by atoms with van der Waals surface area (Å²) in [6.07, 6.45) is 4.99. The zero-order chi connectivity index (χ0) is 12.3. The maximum absolute atomic E-state index is 11.9. The summed E-state index contributed by atoms with van der Waals surface area (Å²) < 4.78 is 0.999. The lowest BCUT2D eigenvalue weighted by atomic mass is 9.89. The van der Waals surface area contributed by atoms with Gasteiger partial charge in [0, 0.05) is 17.3 Å². The number of thiophene rings is 1. The Morgan fingerprint density at radius 2 is 2.18 bits per heavy atom. The number of nitrogens with one attached hydrogen (secondary N) is 1. The van der Waals surface area contributed by atoms with E-state index in [1.165, 1.54) is 25.7 Å². The molecule has 1 aliphatic carbocycles. The molecule has 1 aromatic heterocycles. The van der Waals surface area contributed by atoms with Crippen LogP contribution in [0.3, 0.4) is 0 Å². The Labute approximate surface area is 122 Å². The van der Waals surface area contributed by atoms with Gasteiger partial charge in [-0.05, 0) is 40.3 Å². The third-order valence-electron chi connectivity index (χ3n) is 3.40. The number of alkyl halides is 1. The quantitative estimate of drug-likeness (QED) is 0.779. The first-order valence-electron chi connectivity index (χ1n) is 5.73. The maximum Gasteiger partial charge on any atom is 0.252 e. The smallest absolute Gasteiger partial charge is 0.252 e. The second-order valence-electron chi connectivity index (χ2n) is 4.66. The normalized spacial score (nSPS) is 18.2. The highest BCUT2D eigenvalue weighted by atomic mass is 79.9. The molecule has 94 valence electrons. The Bertz CT molecular complexity index is 399. The van der Waals surface area contributed by atoms with E-state index in [1.54, 1.807) is 11.3 Å². The lowest BCUT2D eigenvalue weighted by Crippen LogP contribution is -2.36. The summed E-state index contributed by atoms with van der Waals surface area (Å²) in [5.74, 6) is 0.0409. The highest BCUT2D eigenvalue weighted by molar-refractivity contribution is 9.11. The van der Waals surface area contributed by atoms with Gasteiger partial charge in [0.2, 0.25) is 0 Å². The van der Waals surface area contributed by atoms with E-state index in [0.29, 0.717) is 0 Å². The molecule has 0 spiro atoms. The monoisotopic (exact) mass is 379 g/mol. The molecule has 2 nitrogen and oxygen atoms in total. The van der Waals surface area contributed by atoms with Crippen molar-refractivity contribution in [2.24, 2.45) is 5.41 Å². The summed E-state index contributed by atoms with van der Waals surface area (Å²) in [4.78, 5) is 11.9. The highest BCUT2D eigenvalue weighted by Crippen LogP contribution is 2.39. The average Bonchev–Trinajstić information content (AvgIpc) is 2.95. The third-order valence-corrected chi connectivity index (χ3v) is 6.10. The van der Waals surface area contributed by atoms with Crippen molar-refractivity contribution in [3.8, 4) is 0 Å². The summed E-state index contributed by atoms with van der Waals surface area (Å²) in [5, 5.41) is 5.93. The number of carbonyl (C=O) groups excluding carboxylic acids is 1. The first kappa shape index (κ1) is 13.6. The van der Waals surface area contributed by atoms with Crippen LogP contribution in [0.2, 0.25) is 0 Å². The maximum atomic E-state index is 11.9. The molecule has 5 heteroatoms. The van der Waals surface area contributed by atoms with E-state index in [9.17, 15) is 4.79 Å². The summed E-state index contributed by atoms with van der Waals surface area (Å²) in [5.41, 5.74) is 1.03. The van der Waals surface area contributed by atoms with Crippen LogP contribution in [0.1, 0.15) is 36.0 Å². The van der Waals surface area contributed by atoms with Crippen LogP contribution < -0.4 is 5.32 Å². The minimum Gasteiger partial charge on any atom is -0.351 e. The van der Waals surface area contributed by atoms with Crippen molar-refractivity contribution in [2.75, 3.05) is 11.9 Å². The summed E-state index contributed by atoms with van der Waals surface area (Å²) in [7, 11) is 0. The third kappa shape index (κ3) is 3.32. The van der Waals surface area contributed by atoms with E-state index in [-0.39, 0.29) is 11.3 Å². The molecule has 2 rings (SSSR count). The zero-order valence-corrected chi connectivity index (χ0v) is 13.5. The van der Waals surface area contributed by atoms with Crippen molar-refractivity contribution in [3.05, 3.63) is 20.8 Å². The van der Waals surface area contributed by atoms with Crippen LogP contribution in [-0.2, 0) is 0 Å². The molecule has 1 N–H and O–H groups in total. The number of rotatable bonds is 4. The van der Waals surface area contributed by atoms with Crippen LogP contribution in [0.5, 0.6) is 0 Å². The van der Waals surface area contributed by atoms with Gasteiger partial charge in [0.25, 0.3) is 5.91 Å². The SMILES string of the molecule is O=C(NCC1(CBr)CCCC1)c1csc(Br)c1. The summed E-state index contributed by atoms with van der Waals surface area (Å²) in [6.45, 7) is 0.782. The van der Waals surface area contributed by atoms with Crippen LogP contribution in [0.15, 0.2) is 15.2 Å². The van der Waals surface area contributed by atoms with Crippen LogP contribution in [-0.4, -0.2) is 17.8 Å². The van der Waals surface area contributed by atoms with Crippen molar-refractivity contribution < 1.29 is 4.79 Å². The van der Waals surface area contributed by atoms with Gasteiger partial charge in [-0.3, -0.25) is 4.79 Å². The lowest BCUT2D eigenvalue weighted by Gasteiger charge is -2.26. The Morgan fingerprint density at radius 3 is 2.71 bits per heavy atom. The number of hydrogen-bond acceptors (Lipinski definition) is 2. The Kier molecular flexibility index (Phi) is 4.66. The molecular formula is C12H15Br2NOS. The van der Waals surface area contributed by atoms with E-state index >= 15 is 0 Å². The molecule has 0 atom stereocenters. The number of carbonyl (C=O) groups is 1. The van der Waals surface area contributed by atoms with E-state index in [4.69, 9.17) is 0 Å². The molecule has 0 aliphatic heterocycles. The van der Waals surface area contributed by atoms with Gasteiger partial charge in [-0.2, -0.15) is 0 Å². The van der Waals surface area contributed by atoms with Crippen LogP contribution in [0.25, 0.3) is 0 Å². The predicted octanol–water partition coefficient (Wildman–Crippen LogP) is 4.20. The summed E-state index contributed by atoms with van der Waals surface area (Å²) >= 11 is 8.50. The molecule has 1 fully saturated rings. The van der Waals surface area contributed by atoms with Gasteiger partial charge in [0.15, 0.2) is 0 Å². The summed E-state index contributed by atoms with van der Waals surface area (Å²) in [6, 6.07) is 1.87. The first-order valence-corrected chi connectivity index (χ1v) is 8.53. The Hall–Kier alpha value is 0.130. The van der Waals surface area contributed by atoms with Gasteiger partial charge >= 0.3 is 0 Å². The topological polar surface area (TPSA) is 29.1 Å². The minimum absolute atomic E-state index is 0.0409. The second kappa shape index (κ2) is 5.85. The van der Waals surface area contributed by atoms with Crippen molar-refractivity contribution in [3.63, 3.8) is 0 Å². The van der Waals surface area contributed by atoms with Crippen LogP contribution >= 0.6 is 43.2 Å². The average molecular weight is 381 g/mol. The first-order chi connectivity index (χ1) is 8.15. The molecular weight excluding hydrogens is 366 g/mol. The minimum atomic E-state index is 0.0409. The Morgan fingerprint density at radius 1 is 1.47 bits per heavy atom. The standard InChI is InChI=1S/C12H15Br2NOS/c13-7-12(3-1-2-4-12)8-15-11(16)9-5-10(14)17-6-9/h5-6H,1-4,7-8H2,(H,15,16). The van der Waals surface area contributed by atoms with Gasteiger partial charge in [-0.25, -0.2) is 0 Å². The highest BCUT2D eigenvalue weighted by Gasteiger charge is 2.33. The molecule has 1 aliphatic rings. The largest absolute Gasteiger partial charge is 0.351 e. The van der Waals surface area contributed by atoms with Gasteiger partial charge < -0.3 is 5.32 Å². The Balaban J connectivity index is 1.91. The predicted molar refractivity (Wildman–Crippen MR) is 79.0 cm³/mol. The van der Waals surface area contributed by atoms with E-state index in [0.717, 1.165) is 21.2 Å². The fraction of sp³-hybridized carbons (Fsp3) is 0.583.